The molecule has 0 fully saturated rings. The van der Waals surface area contributed by atoms with E-state index in [-0.39, 0.29) is 0 Å². The van der Waals surface area contributed by atoms with Crippen LogP contribution in [0, 0.1) is 0 Å². The van der Waals surface area contributed by atoms with Gasteiger partial charge in [-0.3, -0.25) is 14.9 Å². The molecule has 0 spiro atoms. The standard InChI is InChI=1S/C21H21N3O8S/c25-19(24-21(27)23-16-6-7-17-18(12-16)31-10-9-30-17)14-32-20(26)13-22-33(28,29)11-8-15-4-2-1-3-5-15/h1-8,11-12,22H,9-10,13-14H2,(H2,23,24,25,27)/b11-8+. The molecule has 174 valence electrons. The number of rotatable bonds is 8. The number of anilines is 1. The third-order valence-corrected chi connectivity index (χ3v) is 5.12. The molecule has 0 bridgehead atoms. The molecule has 0 aliphatic carbocycles. The van der Waals surface area contributed by atoms with Crippen molar-refractivity contribution in [3.63, 3.8) is 0 Å². The SMILES string of the molecule is O=C(COC(=O)CNS(=O)(=O)/C=C/c1ccccc1)NC(=O)Nc1ccc2c(c1)OCCO2. The van der Waals surface area contributed by atoms with E-state index in [1.165, 1.54) is 12.1 Å². The number of esters is 1. The van der Waals surface area contributed by atoms with Crippen LogP contribution in [-0.2, 0) is 24.3 Å². The van der Waals surface area contributed by atoms with Crippen molar-refractivity contribution in [2.24, 2.45) is 0 Å². The highest BCUT2D eigenvalue weighted by molar-refractivity contribution is 7.92. The minimum Gasteiger partial charge on any atom is -0.486 e. The quantitative estimate of drug-likeness (QED) is 0.483. The first-order valence-corrected chi connectivity index (χ1v) is 11.2. The van der Waals surface area contributed by atoms with E-state index < -0.39 is 41.1 Å². The number of ether oxygens (including phenoxy) is 3. The van der Waals surface area contributed by atoms with Crippen LogP contribution < -0.4 is 24.8 Å². The van der Waals surface area contributed by atoms with Crippen LogP contribution >= 0.6 is 0 Å². The Morgan fingerprint density at radius 1 is 1.00 bits per heavy atom. The predicted molar refractivity (Wildman–Crippen MR) is 118 cm³/mol. The Balaban J connectivity index is 1.38. The Bertz CT molecular complexity index is 1150. The molecule has 3 N–H and O–H groups in total. The maximum atomic E-state index is 11.9. The van der Waals surface area contributed by atoms with Crippen LogP contribution in [0.15, 0.2) is 53.9 Å². The van der Waals surface area contributed by atoms with Crippen molar-refractivity contribution < 1.29 is 37.0 Å². The second-order valence-corrected chi connectivity index (χ2v) is 8.25. The monoisotopic (exact) mass is 475 g/mol. The van der Waals surface area contributed by atoms with Crippen LogP contribution in [0.2, 0.25) is 0 Å². The lowest BCUT2D eigenvalue weighted by atomic mass is 10.2. The third-order valence-electron chi connectivity index (χ3n) is 4.07. The van der Waals surface area contributed by atoms with Gasteiger partial charge in [0.2, 0.25) is 10.0 Å². The van der Waals surface area contributed by atoms with E-state index in [0.717, 1.165) is 5.41 Å². The number of hydrogen-bond acceptors (Lipinski definition) is 8. The van der Waals surface area contributed by atoms with Gasteiger partial charge >= 0.3 is 12.0 Å². The van der Waals surface area contributed by atoms with Gasteiger partial charge in [0.1, 0.15) is 19.8 Å². The van der Waals surface area contributed by atoms with Gasteiger partial charge in [-0.2, -0.15) is 0 Å². The molecule has 2 aromatic rings. The molecule has 33 heavy (non-hydrogen) atoms. The summed E-state index contributed by atoms with van der Waals surface area (Å²) in [4.78, 5) is 35.4. The first-order valence-electron chi connectivity index (χ1n) is 9.70. The fraction of sp³-hybridized carbons (Fsp3) is 0.190. The van der Waals surface area contributed by atoms with Crippen LogP contribution in [0.5, 0.6) is 11.5 Å². The Kier molecular flexibility index (Phi) is 8.00. The fourth-order valence-electron chi connectivity index (χ4n) is 2.58. The summed E-state index contributed by atoms with van der Waals surface area (Å²) >= 11 is 0. The van der Waals surface area contributed by atoms with Gasteiger partial charge in [0.15, 0.2) is 18.1 Å². The third kappa shape index (κ3) is 7.94. The lowest BCUT2D eigenvalue weighted by Gasteiger charge is -2.19. The maximum Gasteiger partial charge on any atom is 0.325 e. The van der Waals surface area contributed by atoms with Gasteiger partial charge in [-0.05, 0) is 23.8 Å². The molecule has 1 aliphatic rings. The summed E-state index contributed by atoms with van der Waals surface area (Å²) in [6.45, 7) is -0.640. The maximum absolute atomic E-state index is 11.9. The molecule has 3 amide bonds. The van der Waals surface area contributed by atoms with E-state index in [2.05, 4.69) is 10.1 Å². The van der Waals surface area contributed by atoms with Crippen LogP contribution in [0.3, 0.4) is 0 Å². The van der Waals surface area contributed by atoms with Crippen molar-refractivity contribution in [1.29, 1.82) is 0 Å². The molecule has 0 atom stereocenters. The molecule has 0 saturated carbocycles. The van der Waals surface area contributed by atoms with E-state index in [4.69, 9.17) is 9.47 Å². The highest BCUT2D eigenvalue weighted by Gasteiger charge is 2.15. The van der Waals surface area contributed by atoms with Gasteiger partial charge in [0.25, 0.3) is 5.91 Å². The van der Waals surface area contributed by atoms with Crippen LogP contribution in [0.25, 0.3) is 6.08 Å². The summed E-state index contributed by atoms with van der Waals surface area (Å²) in [6.07, 6.45) is 1.36. The summed E-state index contributed by atoms with van der Waals surface area (Å²) in [5.41, 5.74) is 1.02. The second-order valence-electron chi connectivity index (χ2n) is 6.60. The Hall–Kier alpha value is -3.90. The Morgan fingerprint density at radius 3 is 2.48 bits per heavy atom. The number of urea groups is 1. The van der Waals surface area contributed by atoms with Crippen LogP contribution in [0.1, 0.15) is 5.56 Å². The van der Waals surface area contributed by atoms with Crippen molar-refractivity contribution in [2.75, 3.05) is 31.7 Å². The van der Waals surface area contributed by atoms with Crippen molar-refractivity contribution >= 4 is 39.7 Å². The zero-order valence-corrected chi connectivity index (χ0v) is 18.1. The zero-order chi connectivity index (χ0) is 23.7. The number of imide groups is 1. The molecule has 0 aromatic heterocycles. The highest BCUT2D eigenvalue weighted by Crippen LogP contribution is 2.32. The number of sulfonamides is 1. The van der Waals surface area contributed by atoms with E-state index in [1.807, 2.05) is 10.0 Å². The number of benzene rings is 2. The number of carbonyl (C=O) groups excluding carboxylic acids is 3. The van der Waals surface area contributed by atoms with E-state index in [1.54, 1.807) is 42.5 Å². The predicted octanol–water partition coefficient (Wildman–Crippen LogP) is 1.24. The lowest BCUT2D eigenvalue weighted by molar-refractivity contribution is -0.147. The van der Waals surface area contributed by atoms with Gasteiger partial charge in [-0.15, -0.1) is 0 Å². The minimum atomic E-state index is -3.89. The van der Waals surface area contributed by atoms with Gasteiger partial charge < -0.3 is 19.5 Å². The number of carbonyl (C=O) groups is 3. The molecule has 0 unspecified atom stereocenters. The summed E-state index contributed by atoms with van der Waals surface area (Å²) in [5, 5.41) is 5.33. The van der Waals surface area contributed by atoms with Crippen molar-refractivity contribution in [3.8, 4) is 11.5 Å². The molecular weight excluding hydrogens is 454 g/mol. The second kappa shape index (κ2) is 11.1. The smallest absolute Gasteiger partial charge is 0.325 e. The minimum absolute atomic E-state index is 0.361. The van der Waals surface area contributed by atoms with Gasteiger partial charge in [0.05, 0.1) is 0 Å². The molecule has 0 radical (unpaired) electrons. The Labute approximate surface area is 189 Å². The summed E-state index contributed by atoms with van der Waals surface area (Å²) in [5.74, 6) is -0.888. The number of nitrogens with one attached hydrogen (secondary N) is 3. The van der Waals surface area contributed by atoms with Crippen LogP contribution in [0.4, 0.5) is 10.5 Å². The number of amides is 3. The lowest BCUT2D eigenvalue weighted by Crippen LogP contribution is -2.38. The molecule has 3 rings (SSSR count). The number of fused-ring (bicyclic) bond motifs is 1. The zero-order valence-electron chi connectivity index (χ0n) is 17.3. The summed E-state index contributed by atoms with van der Waals surface area (Å²) in [7, 11) is -3.89. The molecule has 0 saturated heterocycles. The van der Waals surface area contributed by atoms with Crippen molar-refractivity contribution in [1.82, 2.24) is 10.0 Å². The van der Waals surface area contributed by atoms with Gasteiger partial charge in [0, 0.05) is 17.2 Å². The topological polar surface area (TPSA) is 149 Å². The molecular formula is C21H21N3O8S. The summed E-state index contributed by atoms with van der Waals surface area (Å²) in [6, 6.07) is 12.6. The van der Waals surface area contributed by atoms with Gasteiger partial charge in [-0.25, -0.2) is 17.9 Å². The van der Waals surface area contributed by atoms with Gasteiger partial charge in [-0.1, -0.05) is 30.3 Å². The Morgan fingerprint density at radius 2 is 1.73 bits per heavy atom. The first-order chi connectivity index (χ1) is 15.8. The molecule has 12 heteroatoms. The average molecular weight is 475 g/mol. The highest BCUT2D eigenvalue weighted by atomic mass is 32.2. The molecule has 11 nitrogen and oxygen atoms in total. The van der Waals surface area contributed by atoms with Crippen LogP contribution in [-0.4, -0.2) is 52.7 Å². The van der Waals surface area contributed by atoms with Crippen molar-refractivity contribution in [3.05, 3.63) is 59.5 Å². The van der Waals surface area contributed by atoms with E-state index >= 15 is 0 Å². The van der Waals surface area contributed by atoms with Crippen molar-refractivity contribution in [2.45, 2.75) is 0 Å². The van der Waals surface area contributed by atoms with E-state index in [9.17, 15) is 22.8 Å². The molecule has 1 heterocycles. The fourth-order valence-corrected chi connectivity index (χ4v) is 3.33. The summed E-state index contributed by atoms with van der Waals surface area (Å²) < 4.78 is 41.3. The first kappa shape index (κ1) is 23.8. The average Bonchev–Trinajstić information content (AvgIpc) is 2.81. The largest absolute Gasteiger partial charge is 0.486 e. The van der Waals surface area contributed by atoms with E-state index in [0.29, 0.717) is 36.0 Å². The molecule has 2 aromatic carbocycles. The molecule has 1 aliphatic heterocycles. The normalized spacial score (nSPS) is 12.7. The number of hydrogen-bond donors (Lipinski definition) is 3.